The third-order valence-corrected chi connectivity index (χ3v) is 5.51. The minimum absolute atomic E-state index is 0.0332. The Hall–Kier alpha value is -1.66. The van der Waals surface area contributed by atoms with Crippen molar-refractivity contribution in [1.29, 1.82) is 0 Å². The molecule has 3 rings (SSSR count). The zero-order valence-electron chi connectivity index (χ0n) is 12.8. The van der Waals surface area contributed by atoms with Crippen molar-refractivity contribution in [3.63, 3.8) is 0 Å². The van der Waals surface area contributed by atoms with Crippen molar-refractivity contribution >= 4 is 44.8 Å². The summed E-state index contributed by atoms with van der Waals surface area (Å²) < 4.78 is 0.900. The number of likely N-dealkylation sites (N-methyl/N-ethyl adjacent to an activating group) is 1. The van der Waals surface area contributed by atoms with E-state index in [2.05, 4.69) is 27.3 Å². The van der Waals surface area contributed by atoms with E-state index in [1.807, 2.05) is 18.2 Å². The van der Waals surface area contributed by atoms with Crippen molar-refractivity contribution in [2.75, 3.05) is 18.9 Å². The van der Waals surface area contributed by atoms with Crippen LogP contribution in [0.3, 0.4) is 0 Å². The number of nitrogens with one attached hydrogen (secondary N) is 1. The number of hydrogen-bond acceptors (Lipinski definition) is 3. The predicted molar refractivity (Wildman–Crippen MR) is 96.1 cm³/mol. The Morgan fingerprint density at radius 1 is 1.22 bits per heavy atom. The molecule has 0 radical (unpaired) electrons. The Bertz CT molecular complexity index is 757. The third kappa shape index (κ3) is 3.82. The molecule has 0 fully saturated rings. The van der Waals surface area contributed by atoms with E-state index in [1.165, 1.54) is 33.8 Å². The normalized spacial score (nSPS) is 12.8. The lowest BCUT2D eigenvalue weighted by atomic mass is 10.1. The first-order valence-corrected chi connectivity index (χ1v) is 9.06. The van der Waals surface area contributed by atoms with Crippen molar-refractivity contribution in [2.45, 2.75) is 19.3 Å². The highest BCUT2D eigenvalue weighted by atomic mass is 79.9. The average Bonchev–Trinajstić information content (AvgIpc) is 3.14. The molecule has 1 aromatic carbocycles. The summed E-state index contributed by atoms with van der Waals surface area (Å²) >= 11 is 4.70. The van der Waals surface area contributed by atoms with Crippen LogP contribution in [-0.4, -0.2) is 30.3 Å². The number of rotatable bonds is 4. The first kappa shape index (κ1) is 16.2. The Kier molecular flexibility index (Phi) is 4.82. The fourth-order valence-electron chi connectivity index (χ4n) is 2.75. The van der Waals surface area contributed by atoms with E-state index >= 15 is 0 Å². The van der Waals surface area contributed by atoms with Gasteiger partial charge in [-0.2, -0.15) is 0 Å². The van der Waals surface area contributed by atoms with Crippen LogP contribution < -0.4 is 5.32 Å². The van der Waals surface area contributed by atoms with Crippen molar-refractivity contribution < 1.29 is 9.59 Å². The van der Waals surface area contributed by atoms with Crippen LogP contribution in [0.4, 0.5) is 5.69 Å². The summed E-state index contributed by atoms with van der Waals surface area (Å²) in [6, 6.07) is 9.64. The Balaban J connectivity index is 1.59. The molecule has 1 N–H and O–H groups in total. The topological polar surface area (TPSA) is 49.4 Å². The second-order valence-corrected chi connectivity index (χ2v) is 8.11. The van der Waals surface area contributed by atoms with Crippen LogP contribution in [0.25, 0.3) is 0 Å². The first-order valence-electron chi connectivity index (χ1n) is 7.45. The molecule has 6 heteroatoms. The van der Waals surface area contributed by atoms with Gasteiger partial charge in [-0.05, 0) is 70.6 Å². The maximum Gasteiger partial charge on any atom is 0.264 e. The number of fused-ring (bicyclic) bond motifs is 1. The maximum atomic E-state index is 12.2. The Morgan fingerprint density at radius 3 is 2.74 bits per heavy atom. The summed E-state index contributed by atoms with van der Waals surface area (Å²) in [4.78, 5) is 26.4. The number of nitrogens with zero attached hydrogens (tertiary/aromatic N) is 1. The number of carbonyl (C=O) groups is 2. The van der Waals surface area contributed by atoms with Gasteiger partial charge >= 0.3 is 0 Å². The summed E-state index contributed by atoms with van der Waals surface area (Å²) in [5, 5.41) is 2.88. The standard InChI is InChI=1S/C17H17BrN2O2S/c1-20(17(22)14-7-8-15(18)23-14)10-16(21)19-13-6-5-11-3-2-4-12(11)9-13/h5-9H,2-4,10H2,1H3,(H,19,21). The molecule has 0 bridgehead atoms. The molecule has 0 saturated heterocycles. The number of anilines is 1. The molecule has 1 aliphatic carbocycles. The minimum Gasteiger partial charge on any atom is -0.332 e. The van der Waals surface area contributed by atoms with Crippen LogP contribution in [0.15, 0.2) is 34.1 Å². The molecule has 23 heavy (non-hydrogen) atoms. The van der Waals surface area contributed by atoms with Gasteiger partial charge in [-0.1, -0.05) is 6.07 Å². The van der Waals surface area contributed by atoms with Crippen LogP contribution in [0.5, 0.6) is 0 Å². The monoisotopic (exact) mass is 392 g/mol. The molecule has 0 spiro atoms. The molecule has 0 aliphatic heterocycles. The molecule has 1 aliphatic rings. The SMILES string of the molecule is CN(CC(=O)Nc1ccc2c(c1)CCC2)C(=O)c1ccc(Br)s1. The van der Waals surface area contributed by atoms with E-state index in [9.17, 15) is 9.59 Å². The fraction of sp³-hybridized carbons (Fsp3) is 0.294. The molecule has 1 aromatic heterocycles. The van der Waals surface area contributed by atoms with Gasteiger partial charge in [0, 0.05) is 12.7 Å². The largest absolute Gasteiger partial charge is 0.332 e. The second kappa shape index (κ2) is 6.84. The van der Waals surface area contributed by atoms with E-state index in [0.29, 0.717) is 4.88 Å². The number of amides is 2. The van der Waals surface area contributed by atoms with Crippen LogP contribution in [0.2, 0.25) is 0 Å². The summed E-state index contributed by atoms with van der Waals surface area (Å²) in [7, 11) is 1.64. The van der Waals surface area contributed by atoms with E-state index < -0.39 is 0 Å². The van der Waals surface area contributed by atoms with Gasteiger partial charge in [-0.3, -0.25) is 9.59 Å². The number of hydrogen-bond donors (Lipinski definition) is 1. The minimum atomic E-state index is -0.186. The lowest BCUT2D eigenvalue weighted by Gasteiger charge is -2.16. The molecule has 2 aromatic rings. The molecule has 0 saturated carbocycles. The lowest BCUT2D eigenvalue weighted by molar-refractivity contribution is -0.116. The second-order valence-electron chi connectivity index (χ2n) is 5.65. The van der Waals surface area contributed by atoms with Gasteiger partial charge in [0.25, 0.3) is 5.91 Å². The number of halogens is 1. The molecular weight excluding hydrogens is 376 g/mol. The van der Waals surface area contributed by atoms with E-state index in [-0.39, 0.29) is 18.4 Å². The highest BCUT2D eigenvalue weighted by Crippen LogP contribution is 2.25. The molecule has 4 nitrogen and oxygen atoms in total. The highest BCUT2D eigenvalue weighted by molar-refractivity contribution is 9.11. The zero-order chi connectivity index (χ0) is 16.4. The van der Waals surface area contributed by atoms with Crippen LogP contribution in [0, 0.1) is 0 Å². The van der Waals surface area contributed by atoms with Gasteiger partial charge in [0.15, 0.2) is 0 Å². The Labute approximate surface area is 147 Å². The van der Waals surface area contributed by atoms with Crippen molar-refractivity contribution in [3.05, 3.63) is 50.1 Å². The number of carbonyl (C=O) groups excluding carboxylic acids is 2. The summed E-state index contributed by atoms with van der Waals surface area (Å²) in [5.41, 5.74) is 3.49. The fourth-order valence-corrected chi connectivity index (χ4v) is 4.14. The summed E-state index contributed by atoms with van der Waals surface area (Å²) in [6.45, 7) is 0.0332. The molecule has 0 unspecified atom stereocenters. The van der Waals surface area contributed by atoms with E-state index in [1.54, 1.807) is 13.1 Å². The van der Waals surface area contributed by atoms with Crippen LogP contribution in [-0.2, 0) is 17.6 Å². The zero-order valence-corrected chi connectivity index (χ0v) is 15.2. The first-order chi connectivity index (χ1) is 11.0. The van der Waals surface area contributed by atoms with Crippen LogP contribution >= 0.6 is 27.3 Å². The predicted octanol–water partition coefficient (Wildman–Crippen LogP) is 3.71. The third-order valence-electron chi connectivity index (χ3n) is 3.89. The van der Waals surface area contributed by atoms with Gasteiger partial charge in [0.2, 0.25) is 5.91 Å². The molecular formula is C17H17BrN2O2S. The molecule has 120 valence electrons. The maximum absolute atomic E-state index is 12.2. The average molecular weight is 393 g/mol. The van der Waals surface area contributed by atoms with Crippen LogP contribution in [0.1, 0.15) is 27.2 Å². The highest BCUT2D eigenvalue weighted by Gasteiger charge is 2.17. The molecule has 1 heterocycles. The van der Waals surface area contributed by atoms with Crippen molar-refractivity contribution in [2.24, 2.45) is 0 Å². The number of benzene rings is 1. The Morgan fingerprint density at radius 2 is 2.00 bits per heavy atom. The van der Waals surface area contributed by atoms with Gasteiger partial charge in [0.1, 0.15) is 0 Å². The van der Waals surface area contributed by atoms with Gasteiger partial charge in [-0.15, -0.1) is 11.3 Å². The van der Waals surface area contributed by atoms with E-state index in [4.69, 9.17) is 0 Å². The summed E-state index contributed by atoms with van der Waals surface area (Å²) in [6.07, 6.45) is 3.38. The molecule has 0 atom stereocenters. The number of thiophene rings is 1. The smallest absolute Gasteiger partial charge is 0.264 e. The number of aryl methyl sites for hydroxylation is 2. The van der Waals surface area contributed by atoms with E-state index in [0.717, 1.165) is 22.3 Å². The van der Waals surface area contributed by atoms with Gasteiger partial charge in [0.05, 0.1) is 15.2 Å². The van der Waals surface area contributed by atoms with Gasteiger partial charge in [-0.25, -0.2) is 0 Å². The van der Waals surface area contributed by atoms with Crippen molar-refractivity contribution in [3.8, 4) is 0 Å². The van der Waals surface area contributed by atoms with Crippen molar-refractivity contribution in [1.82, 2.24) is 4.90 Å². The lowest BCUT2D eigenvalue weighted by Crippen LogP contribution is -2.34. The summed E-state index contributed by atoms with van der Waals surface area (Å²) in [5.74, 6) is -0.334. The quantitative estimate of drug-likeness (QED) is 0.861. The molecule has 2 amide bonds. The van der Waals surface area contributed by atoms with Gasteiger partial charge < -0.3 is 10.2 Å².